The van der Waals surface area contributed by atoms with Crippen LogP contribution in [0.5, 0.6) is 0 Å². The number of carbonyl (C=O) groups excluding carboxylic acids is 1. The molecule has 0 bridgehead atoms. The summed E-state index contributed by atoms with van der Waals surface area (Å²) < 4.78 is 5.56. The first-order valence-electron chi connectivity index (χ1n) is 6.40. The number of carbonyl (C=O) groups is 2. The molecule has 1 aliphatic rings. The molecule has 1 aliphatic heterocycles. The third kappa shape index (κ3) is 4.33. The van der Waals surface area contributed by atoms with E-state index in [4.69, 9.17) is 9.84 Å². The van der Waals surface area contributed by atoms with Crippen molar-refractivity contribution in [3.05, 3.63) is 17.0 Å². The Morgan fingerprint density at radius 3 is 2.89 bits per heavy atom. The molecule has 0 saturated carbocycles. The van der Waals surface area contributed by atoms with Crippen LogP contribution in [0.15, 0.2) is 12.1 Å². The predicted molar refractivity (Wildman–Crippen MR) is 72.7 cm³/mol. The minimum Gasteiger partial charge on any atom is -0.477 e. The fourth-order valence-corrected chi connectivity index (χ4v) is 2.81. The fourth-order valence-electron chi connectivity index (χ4n) is 2.05. The zero-order valence-electron chi connectivity index (χ0n) is 10.6. The van der Waals surface area contributed by atoms with E-state index in [1.165, 1.54) is 12.5 Å². The van der Waals surface area contributed by atoms with Crippen LogP contribution in [0.25, 0.3) is 0 Å². The molecule has 1 saturated heterocycles. The summed E-state index contributed by atoms with van der Waals surface area (Å²) in [6.45, 7) is 0.791. The summed E-state index contributed by atoms with van der Waals surface area (Å²) in [5.41, 5.74) is 0. The van der Waals surface area contributed by atoms with Crippen LogP contribution in [0.2, 0.25) is 0 Å². The van der Waals surface area contributed by atoms with Crippen molar-refractivity contribution in [3.63, 3.8) is 0 Å². The third-order valence-corrected chi connectivity index (χ3v) is 4.04. The molecule has 5 nitrogen and oxygen atoms in total. The highest BCUT2D eigenvalue weighted by Crippen LogP contribution is 2.22. The molecule has 1 aromatic heterocycles. The number of thiophene rings is 1. The molecule has 1 unspecified atom stereocenters. The van der Waals surface area contributed by atoms with Crippen molar-refractivity contribution in [2.75, 3.05) is 11.9 Å². The molecule has 1 aromatic rings. The van der Waals surface area contributed by atoms with Gasteiger partial charge in [-0.25, -0.2) is 4.79 Å². The molecule has 104 valence electrons. The van der Waals surface area contributed by atoms with E-state index in [9.17, 15) is 9.59 Å². The Bertz CT molecular complexity index is 451. The lowest BCUT2D eigenvalue weighted by Crippen LogP contribution is -2.21. The molecule has 19 heavy (non-hydrogen) atoms. The van der Waals surface area contributed by atoms with Gasteiger partial charge in [-0.05, 0) is 37.8 Å². The summed E-state index contributed by atoms with van der Waals surface area (Å²) in [6.07, 6.45) is 4.62. The molecule has 2 N–H and O–H groups in total. The number of hydrogen-bond acceptors (Lipinski definition) is 4. The Kier molecular flexibility index (Phi) is 4.93. The van der Waals surface area contributed by atoms with Gasteiger partial charge in [-0.1, -0.05) is 0 Å². The van der Waals surface area contributed by atoms with Crippen molar-refractivity contribution in [2.24, 2.45) is 0 Å². The van der Waals surface area contributed by atoms with Crippen LogP contribution in [-0.4, -0.2) is 29.7 Å². The average molecular weight is 283 g/mol. The monoisotopic (exact) mass is 283 g/mol. The maximum Gasteiger partial charge on any atom is 0.345 e. The van der Waals surface area contributed by atoms with Crippen LogP contribution in [0.1, 0.15) is 41.8 Å². The van der Waals surface area contributed by atoms with Gasteiger partial charge in [-0.15, -0.1) is 11.3 Å². The van der Waals surface area contributed by atoms with Gasteiger partial charge in [0.25, 0.3) is 0 Å². The van der Waals surface area contributed by atoms with Crippen molar-refractivity contribution in [1.82, 2.24) is 0 Å². The van der Waals surface area contributed by atoms with E-state index in [1.807, 2.05) is 0 Å². The van der Waals surface area contributed by atoms with Gasteiger partial charge in [0.05, 0.1) is 11.1 Å². The quantitative estimate of drug-likeness (QED) is 0.871. The van der Waals surface area contributed by atoms with Crippen molar-refractivity contribution in [3.8, 4) is 0 Å². The fraction of sp³-hybridized carbons (Fsp3) is 0.538. The number of carboxylic acid groups (broad SMARTS) is 1. The van der Waals surface area contributed by atoms with Gasteiger partial charge in [0, 0.05) is 13.0 Å². The summed E-state index contributed by atoms with van der Waals surface area (Å²) in [7, 11) is 0. The van der Waals surface area contributed by atoms with Crippen molar-refractivity contribution in [1.29, 1.82) is 0 Å². The normalized spacial score (nSPS) is 19.1. The summed E-state index contributed by atoms with van der Waals surface area (Å²) >= 11 is 1.07. The Morgan fingerprint density at radius 2 is 2.26 bits per heavy atom. The first kappa shape index (κ1) is 14.0. The minimum atomic E-state index is -0.971. The summed E-state index contributed by atoms with van der Waals surface area (Å²) in [5, 5.41) is 12.1. The Hall–Kier alpha value is -1.40. The van der Waals surface area contributed by atoms with E-state index in [-0.39, 0.29) is 16.9 Å². The molecule has 0 spiro atoms. The Labute approximate surface area is 115 Å². The van der Waals surface area contributed by atoms with E-state index in [1.54, 1.807) is 6.07 Å². The Balaban J connectivity index is 1.75. The second-order valence-electron chi connectivity index (χ2n) is 4.54. The second-order valence-corrected chi connectivity index (χ2v) is 5.63. The van der Waals surface area contributed by atoms with Gasteiger partial charge < -0.3 is 15.2 Å². The first-order valence-corrected chi connectivity index (χ1v) is 7.21. The van der Waals surface area contributed by atoms with E-state index in [0.29, 0.717) is 11.4 Å². The molecule has 0 aliphatic carbocycles. The van der Waals surface area contributed by atoms with Crippen LogP contribution in [-0.2, 0) is 9.53 Å². The van der Waals surface area contributed by atoms with Crippen LogP contribution < -0.4 is 5.32 Å². The first-order chi connectivity index (χ1) is 9.15. The number of aromatic carboxylic acids is 1. The van der Waals surface area contributed by atoms with E-state index >= 15 is 0 Å². The van der Waals surface area contributed by atoms with Gasteiger partial charge >= 0.3 is 5.97 Å². The summed E-state index contributed by atoms with van der Waals surface area (Å²) in [5.74, 6) is -1.06. The lowest BCUT2D eigenvalue weighted by molar-refractivity contribution is -0.117. The number of anilines is 1. The zero-order chi connectivity index (χ0) is 13.7. The maximum atomic E-state index is 11.7. The molecular weight excluding hydrogens is 266 g/mol. The van der Waals surface area contributed by atoms with E-state index < -0.39 is 5.97 Å². The molecule has 1 fully saturated rings. The maximum absolute atomic E-state index is 11.7. The Morgan fingerprint density at radius 1 is 1.42 bits per heavy atom. The molecular formula is C13H17NO4S. The third-order valence-electron chi connectivity index (χ3n) is 3.05. The molecule has 2 heterocycles. The summed E-state index contributed by atoms with van der Waals surface area (Å²) in [4.78, 5) is 22.7. The van der Waals surface area contributed by atoms with Gasteiger partial charge in [0.15, 0.2) is 0 Å². The minimum absolute atomic E-state index is 0.0898. The van der Waals surface area contributed by atoms with Crippen LogP contribution in [0.3, 0.4) is 0 Å². The molecule has 0 radical (unpaired) electrons. The van der Waals surface area contributed by atoms with Crippen LogP contribution in [0.4, 0.5) is 5.00 Å². The predicted octanol–water partition coefficient (Wildman–Crippen LogP) is 2.73. The van der Waals surface area contributed by atoms with E-state index in [2.05, 4.69) is 5.32 Å². The summed E-state index contributed by atoms with van der Waals surface area (Å²) in [6, 6.07) is 3.11. The average Bonchev–Trinajstić information content (AvgIpc) is 2.86. The smallest absolute Gasteiger partial charge is 0.345 e. The number of ether oxygens (including phenoxy) is 1. The number of hydrogen-bond donors (Lipinski definition) is 2. The van der Waals surface area contributed by atoms with Crippen molar-refractivity contribution >= 4 is 28.2 Å². The lowest BCUT2D eigenvalue weighted by atomic mass is 10.0. The van der Waals surface area contributed by atoms with Gasteiger partial charge in [-0.2, -0.15) is 0 Å². The van der Waals surface area contributed by atoms with Gasteiger partial charge in [0.1, 0.15) is 4.88 Å². The molecule has 0 aromatic carbocycles. The molecule has 1 amide bonds. The largest absolute Gasteiger partial charge is 0.477 e. The highest BCUT2D eigenvalue weighted by atomic mass is 32.1. The van der Waals surface area contributed by atoms with Crippen LogP contribution >= 0.6 is 11.3 Å². The number of nitrogens with one attached hydrogen (secondary N) is 1. The lowest BCUT2D eigenvalue weighted by Gasteiger charge is -2.22. The SMILES string of the molecule is O=C(CCC1CCCCO1)Nc1ccc(C(=O)O)s1. The molecule has 1 atom stereocenters. The number of amides is 1. The van der Waals surface area contributed by atoms with Crippen molar-refractivity contribution < 1.29 is 19.4 Å². The van der Waals surface area contributed by atoms with Crippen molar-refractivity contribution in [2.45, 2.75) is 38.2 Å². The molecule has 6 heteroatoms. The molecule has 2 rings (SSSR count). The zero-order valence-corrected chi connectivity index (χ0v) is 11.4. The highest BCUT2D eigenvalue weighted by molar-refractivity contribution is 7.18. The van der Waals surface area contributed by atoms with Gasteiger partial charge in [0.2, 0.25) is 5.91 Å². The number of carboxylic acids is 1. The van der Waals surface area contributed by atoms with Crippen LogP contribution in [0, 0.1) is 0 Å². The number of rotatable bonds is 5. The standard InChI is InChI=1S/C13H17NO4S/c15-11(6-4-9-3-1-2-8-18-9)14-12-7-5-10(19-12)13(16)17/h5,7,9H,1-4,6,8H2,(H,14,15)(H,16,17). The second kappa shape index (κ2) is 6.68. The van der Waals surface area contributed by atoms with Gasteiger partial charge in [-0.3, -0.25) is 4.79 Å². The highest BCUT2D eigenvalue weighted by Gasteiger charge is 2.16. The topological polar surface area (TPSA) is 75.6 Å². The van der Waals surface area contributed by atoms with E-state index in [0.717, 1.165) is 37.2 Å².